The van der Waals surface area contributed by atoms with Gasteiger partial charge in [0.05, 0.1) is 18.8 Å². The predicted octanol–water partition coefficient (Wildman–Crippen LogP) is 3.86. The van der Waals surface area contributed by atoms with Gasteiger partial charge in [0.15, 0.2) is 23.9 Å². The Balaban J connectivity index is 1.43. The van der Waals surface area contributed by atoms with Crippen molar-refractivity contribution in [3.63, 3.8) is 0 Å². The topological polar surface area (TPSA) is 73.9 Å². The third-order valence-corrected chi connectivity index (χ3v) is 5.08. The molecular formula is C22H23NO5. The average Bonchev–Trinajstić information content (AvgIpc) is 2.83. The first-order valence-electron chi connectivity index (χ1n) is 9.52. The standard InChI is InChI=1S/C22H23NO5/c1-13-4-6-18(22-16(24)10-14(2)21(13)22)28-12-20(25)23-15-5-7-17-19(11-15)27-9-3-8-26-17/h4-7,11,14H,3,8-10,12H2,1-2H3,(H,23,25). The van der Waals surface area contributed by atoms with Gasteiger partial charge >= 0.3 is 0 Å². The molecule has 0 radical (unpaired) electrons. The molecule has 0 saturated carbocycles. The highest BCUT2D eigenvalue weighted by Gasteiger charge is 2.31. The molecule has 0 fully saturated rings. The third kappa shape index (κ3) is 3.54. The van der Waals surface area contributed by atoms with Crippen molar-refractivity contribution in [3.05, 3.63) is 47.0 Å². The van der Waals surface area contributed by atoms with Crippen LogP contribution in [-0.2, 0) is 4.79 Å². The number of nitrogens with one attached hydrogen (secondary N) is 1. The third-order valence-electron chi connectivity index (χ3n) is 5.08. The summed E-state index contributed by atoms with van der Waals surface area (Å²) in [5.74, 6) is 1.72. The van der Waals surface area contributed by atoms with Crippen molar-refractivity contribution in [2.45, 2.75) is 32.6 Å². The number of ketones is 1. The molecule has 1 aliphatic heterocycles. The maximum atomic E-state index is 12.3. The smallest absolute Gasteiger partial charge is 0.262 e. The first-order chi connectivity index (χ1) is 13.5. The van der Waals surface area contributed by atoms with Gasteiger partial charge in [0.1, 0.15) is 5.75 Å². The first kappa shape index (κ1) is 18.3. The Morgan fingerprint density at radius 2 is 1.96 bits per heavy atom. The van der Waals surface area contributed by atoms with Crippen LogP contribution < -0.4 is 19.5 Å². The van der Waals surface area contributed by atoms with Crippen molar-refractivity contribution in [2.75, 3.05) is 25.1 Å². The molecule has 2 aromatic rings. The van der Waals surface area contributed by atoms with Crippen LogP contribution in [0.15, 0.2) is 30.3 Å². The number of ether oxygens (including phenoxy) is 3. The Morgan fingerprint density at radius 1 is 1.18 bits per heavy atom. The van der Waals surface area contributed by atoms with E-state index in [2.05, 4.69) is 5.32 Å². The van der Waals surface area contributed by atoms with Crippen molar-refractivity contribution < 1.29 is 23.8 Å². The van der Waals surface area contributed by atoms with E-state index >= 15 is 0 Å². The van der Waals surface area contributed by atoms with E-state index in [4.69, 9.17) is 14.2 Å². The first-order valence-corrected chi connectivity index (χ1v) is 9.52. The second-order valence-electron chi connectivity index (χ2n) is 7.25. The summed E-state index contributed by atoms with van der Waals surface area (Å²) in [6.07, 6.45) is 1.31. The van der Waals surface area contributed by atoms with Crippen molar-refractivity contribution in [1.82, 2.24) is 0 Å². The van der Waals surface area contributed by atoms with Crippen LogP contribution in [0.25, 0.3) is 0 Å². The molecule has 1 atom stereocenters. The normalized spacial score (nSPS) is 17.6. The summed E-state index contributed by atoms with van der Waals surface area (Å²) >= 11 is 0. The highest BCUT2D eigenvalue weighted by molar-refractivity contribution is 6.04. The molecule has 1 heterocycles. The highest BCUT2D eigenvalue weighted by Crippen LogP contribution is 2.40. The van der Waals surface area contributed by atoms with Gasteiger partial charge in [-0.1, -0.05) is 13.0 Å². The number of anilines is 1. The van der Waals surface area contributed by atoms with Gasteiger partial charge in [-0.25, -0.2) is 0 Å². The quantitative estimate of drug-likeness (QED) is 0.870. The van der Waals surface area contributed by atoms with Gasteiger partial charge < -0.3 is 19.5 Å². The zero-order chi connectivity index (χ0) is 19.7. The summed E-state index contributed by atoms with van der Waals surface area (Å²) < 4.78 is 16.9. The van der Waals surface area contributed by atoms with Crippen LogP contribution in [-0.4, -0.2) is 31.5 Å². The summed E-state index contributed by atoms with van der Waals surface area (Å²) in [6.45, 7) is 5.06. The van der Waals surface area contributed by atoms with Crippen LogP contribution in [0.3, 0.4) is 0 Å². The number of hydrogen-bond acceptors (Lipinski definition) is 5. The largest absolute Gasteiger partial charge is 0.490 e. The van der Waals surface area contributed by atoms with E-state index in [1.807, 2.05) is 19.9 Å². The van der Waals surface area contributed by atoms with E-state index in [1.54, 1.807) is 24.3 Å². The summed E-state index contributed by atoms with van der Waals surface area (Å²) in [7, 11) is 0. The minimum absolute atomic E-state index is 0.0736. The molecular weight excluding hydrogens is 358 g/mol. The lowest BCUT2D eigenvalue weighted by Crippen LogP contribution is -2.20. The maximum absolute atomic E-state index is 12.3. The average molecular weight is 381 g/mol. The molecule has 1 unspecified atom stereocenters. The van der Waals surface area contributed by atoms with Crippen molar-refractivity contribution >= 4 is 17.4 Å². The zero-order valence-corrected chi connectivity index (χ0v) is 16.0. The minimum atomic E-state index is -0.303. The van der Waals surface area contributed by atoms with Crippen molar-refractivity contribution in [1.29, 1.82) is 0 Å². The molecule has 2 aliphatic rings. The summed E-state index contributed by atoms with van der Waals surface area (Å²) in [4.78, 5) is 24.7. The second kappa shape index (κ2) is 7.54. The van der Waals surface area contributed by atoms with E-state index in [1.165, 1.54) is 0 Å². The number of rotatable bonds is 4. The van der Waals surface area contributed by atoms with Crippen LogP contribution in [0.2, 0.25) is 0 Å². The number of carbonyl (C=O) groups is 2. The zero-order valence-electron chi connectivity index (χ0n) is 16.0. The molecule has 1 amide bonds. The maximum Gasteiger partial charge on any atom is 0.262 e. The summed E-state index contributed by atoms with van der Waals surface area (Å²) in [5, 5.41) is 2.80. The number of Topliss-reactive ketones (excluding diaryl/α,β-unsaturated/α-hetero) is 1. The van der Waals surface area contributed by atoms with E-state index in [0.29, 0.717) is 48.1 Å². The minimum Gasteiger partial charge on any atom is -0.490 e. The summed E-state index contributed by atoms with van der Waals surface area (Å²) in [5.41, 5.74) is 3.34. The fourth-order valence-electron chi connectivity index (χ4n) is 3.81. The van der Waals surface area contributed by atoms with Gasteiger partial charge in [0, 0.05) is 24.6 Å². The Hall–Kier alpha value is -3.02. The highest BCUT2D eigenvalue weighted by atomic mass is 16.5. The van der Waals surface area contributed by atoms with Crippen molar-refractivity contribution in [2.24, 2.45) is 0 Å². The molecule has 0 spiro atoms. The molecule has 6 heteroatoms. The Kier molecular flexibility index (Phi) is 4.94. The van der Waals surface area contributed by atoms with Crippen LogP contribution in [0.4, 0.5) is 5.69 Å². The fraction of sp³-hybridized carbons (Fsp3) is 0.364. The Labute approximate surface area is 163 Å². The van der Waals surface area contributed by atoms with Gasteiger partial charge in [-0.3, -0.25) is 9.59 Å². The molecule has 6 nitrogen and oxygen atoms in total. The van der Waals surface area contributed by atoms with Gasteiger partial charge in [-0.2, -0.15) is 0 Å². The van der Waals surface area contributed by atoms with E-state index in [-0.39, 0.29) is 24.2 Å². The van der Waals surface area contributed by atoms with Gasteiger partial charge in [0.2, 0.25) is 0 Å². The molecule has 0 saturated heterocycles. The number of benzene rings is 2. The predicted molar refractivity (Wildman–Crippen MR) is 105 cm³/mol. The molecule has 0 bridgehead atoms. The van der Waals surface area contributed by atoms with E-state index < -0.39 is 0 Å². The lowest BCUT2D eigenvalue weighted by atomic mass is 9.97. The molecule has 1 aliphatic carbocycles. The SMILES string of the molecule is Cc1ccc(OCC(=O)Nc2ccc3c(c2)OCCCO3)c2c1C(C)CC2=O. The summed E-state index contributed by atoms with van der Waals surface area (Å²) in [6, 6.07) is 8.99. The molecule has 1 N–H and O–H groups in total. The Bertz CT molecular complexity index is 937. The lowest BCUT2D eigenvalue weighted by Gasteiger charge is -2.14. The number of amides is 1. The number of aryl methyl sites for hydroxylation is 1. The van der Waals surface area contributed by atoms with Gasteiger partial charge in [0.25, 0.3) is 5.91 Å². The van der Waals surface area contributed by atoms with E-state index in [0.717, 1.165) is 17.5 Å². The number of carbonyl (C=O) groups excluding carboxylic acids is 2. The van der Waals surface area contributed by atoms with E-state index in [9.17, 15) is 9.59 Å². The number of hydrogen-bond donors (Lipinski definition) is 1. The van der Waals surface area contributed by atoms with Crippen LogP contribution in [0.5, 0.6) is 17.2 Å². The molecule has 4 rings (SSSR count). The van der Waals surface area contributed by atoms with Gasteiger partial charge in [-0.15, -0.1) is 0 Å². The molecule has 28 heavy (non-hydrogen) atoms. The lowest BCUT2D eigenvalue weighted by molar-refractivity contribution is -0.118. The monoisotopic (exact) mass is 381 g/mol. The van der Waals surface area contributed by atoms with Crippen LogP contribution in [0.1, 0.15) is 47.2 Å². The number of fused-ring (bicyclic) bond motifs is 2. The van der Waals surface area contributed by atoms with Crippen LogP contribution >= 0.6 is 0 Å². The molecule has 146 valence electrons. The Morgan fingerprint density at radius 3 is 2.79 bits per heavy atom. The van der Waals surface area contributed by atoms with Gasteiger partial charge in [-0.05, 0) is 42.2 Å². The second-order valence-corrected chi connectivity index (χ2v) is 7.25. The molecule has 2 aromatic carbocycles. The van der Waals surface area contributed by atoms with Crippen LogP contribution in [0, 0.1) is 6.92 Å². The van der Waals surface area contributed by atoms with Crippen molar-refractivity contribution in [3.8, 4) is 17.2 Å². The molecule has 0 aromatic heterocycles. The fourth-order valence-corrected chi connectivity index (χ4v) is 3.81.